The van der Waals surface area contributed by atoms with Crippen LogP contribution in [-0.2, 0) is 16.4 Å². The molecule has 3 N–H and O–H groups in total. The summed E-state index contributed by atoms with van der Waals surface area (Å²) >= 11 is 6.47. The van der Waals surface area contributed by atoms with Crippen molar-refractivity contribution in [3.05, 3.63) is 38.7 Å². The highest BCUT2D eigenvalue weighted by Crippen LogP contribution is 2.24. The Hall–Kier alpha value is -1.91. The van der Waals surface area contributed by atoms with Crippen LogP contribution in [-0.4, -0.2) is 43.5 Å². The number of ether oxygens (including phenoxy) is 1. The van der Waals surface area contributed by atoms with Crippen molar-refractivity contribution < 1.29 is 17.9 Å². The molecule has 1 fully saturated rings. The molecule has 7 nitrogen and oxygen atoms in total. The summed E-state index contributed by atoms with van der Waals surface area (Å²) in [6.07, 6.45) is 0.423. The number of thiazole rings is 1. The number of benzene rings is 1. The minimum Gasteiger partial charge on any atom is -0.497 e. The van der Waals surface area contributed by atoms with E-state index in [0.717, 1.165) is 22.6 Å². The van der Waals surface area contributed by atoms with E-state index in [1.54, 1.807) is 11.7 Å². The van der Waals surface area contributed by atoms with Crippen molar-refractivity contribution >= 4 is 45.1 Å². The van der Waals surface area contributed by atoms with Gasteiger partial charge in [0.05, 0.1) is 25.2 Å². The quantitative estimate of drug-likeness (QED) is 0.725. The highest BCUT2D eigenvalue weighted by molar-refractivity contribution is 7.91. The molecule has 3 rings (SSSR count). The van der Waals surface area contributed by atoms with Crippen LogP contribution in [0.5, 0.6) is 5.75 Å². The normalized spacial score (nSPS) is 18.6. The molecular formula is C16H19N3O4S3. The van der Waals surface area contributed by atoms with Crippen LogP contribution in [0, 0.1) is 3.95 Å². The number of nitrogens with zero attached hydrogens (tertiary/aromatic N) is 1. The highest BCUT2D eigenvalue weighted by Gasteiger charge is 2.30. The zero-order valence-corrected chi connectivity index (χ0v) is 16.5. The number of amides is 1. The van der Waals surface area contributed by atoms with E-state index >= 15 is 0 Å². The number of sulfone groups is 1. The van der Waals surface area contributed by atoms with Crippen molar-refractivity contribution in [1.29, 1.82) is 0 Å². The van der Waals surface area contributed by atoms with Crippen molar-refractivity contribution in [2.24, 2.45) is 0 Å². The van der Waals surface area contributed by atoms with Crippen molar-refractivity contribution in [2.45, 2.75) is 19.0 Å². The van der Waals surface area contributed by atoms with Crippen LogP contribution in [0.3, 0.4) is 0 Å². The first kappa shape index (κ1) is 18.9. The lowest BCUT2D eigenvalue weighted by Crippen LogP contribution is -2.35. The number of aromatic nitrogens is 1. The van der Waals surface area contributed by atoms with E-state index in [0.29, 0.717) is 21.8 Å². The Kier molecular flexibility index (Phi) is 5.35. The zero-order valence-electron chi connectivity index (χ0n) is 14.1. The number of nitrogens with two attached hydrogens (primary N) is 1. The Balaban J connectivity index is 1.76. The number of nitrogens with one attached hydrogen (secondary N) is 1. The molecule has 1 amide bonds. The van der Waals surface area contributed by atoms with Gasteiger partial charge in [-0.3, -0.25) is 4.79 Å². The summed E-state index contributed by atoms with van der Waals surface area (Å²) in [5.74, 6) is 0.726. The standard InChI is InChI=1S/C16H19N3O4S3/c1-23-12-4-2-10(3-5-12)8-19-14(17)13(25-16(19)24)15(20)18-11-6-7-26(21,22)9-11/h2-5,11H,6-9,17H2,1H3,(H,18,20). The van der Waals surface area contributed by atoms with Gasteiger partial charge in [0.15, 0.2) is 13.8 Å². The van der Waals surface area contributed by atoms with Gasteiger partial charge >= 0.3 is 0 Å². The van der Waals surface area contributed by atoms with Crippen LogP contribution >= 0.6 is 23.6 Å². The third-order valence-electron chi connectivity index (χ3n) is 4.21. The maximum Gasteiger partial charge on any atom is 0.265 e. The van der Waals surface area contributed by atoms with E-state index in [2.05, 4.69) is 5.32 Å². The van der Waals surface area contributed by atoms with E-state index in [1.165, 1.54) is 0 Å². The summed E-state index contributed by atoms with van der Waals surface area (Å²) < 4.78 is 30.4. The summed E-state index contributed by atoms with van der Waals surface area (Å²) in [5.41, 5.74) is 7.11. The fourth-order valence-corrected chi connectivity index (χ4v) is 5.70. The molecule has 0 saturated carbocycles. The third-order valence-corrected chi connectivity index (χ3v) is 7.44. The number of carbonyl (C=O) groups excluding carboxylic acids is 1. The molecular weight excluding hydrogens is 394 g/mol. The molecule has 1 atom stereocenters. The number of anilines is 1. The van der Waals surface area contributed by atoms with Crippen molar-refractivity contribution in [2.75, 3.05) is 24.3 Å². The number of rotatable bonds is 5. The van der Waals surface area contributed by atoms with Crippen LogP contribution in [0.4, 0.5) is 5.82 Å². The number of hydrogen-bond donors (Lipinski definition) is 2. The molecule has 0 aliphatic carbocycles. The molecule has 2 aromatic rings. The Morgan fingerprint density at radius 3 is 2.69 bits per heavy atom. The molecule has 0 radical (unpaired) electrons. The van der Waals surface area contributed by atoms with Gasteiger partial charge in [0.2, 0.25) is 0 Å². The Morgan fingerprint density at radius 2 is 2.12 bits per heavy atom. The summed E-state index contributed by atoms with van der Waals surface area (Å²) in [7, 11) is -1.46. The number of carbonyl (C=O) groups is 1. The first-order valence-corrected chi connectivity index (χ1v) is 11.0. The molecule has 0 bridgehead atoms. The first-order valence-electron chi connectivity index (χ1n) is 7.92. The maximum atomic E-state index is 12.5. The molecule has 140 valence electrons. The average molecular weight is 414 g/mol. The summed E-state index contributed by atoms with van der Waals surface area (Å²) in [6.45, 7) is 0.441. The molecule has 1 saturated heterocycles. The molecule has 1 unspecified atom stereocenters. The molecule has 2 heterocycles. The lowest BCUT2D eigenvalue weighted by atomic mass is 10.2. The van der Waals surface area contributed by atoms with E-state index < -0.39 is 9.84 Å². The first-order chi connectivity index (χ1) is 12.3. The van der Waals surface area contributed by atoms with Crippen molar-refractivity contribution in [3.63, 3.8) is 0 Å². The molecule has 10 heteroatoms. The Morgan fingerprint density at radius 1 is 1.42 bits per heavy atom. The SMILES string of the molecule is COc1ccc(Cn2c(N)c(C(=O)NC3CCS(=O)(=O)C3)sc2=S)cc1. The van der Waals surface area contributed by atoms with Crippen LogP contribution in [0.1, 0.15) is 21.7 Å². The molecule has 1 aliphatic rings. The Bertz CT molecular complexity index is 977. The maximum absolute atomic E-state index is 12.5. The number of hydrogen-bond acceptors (Lipinski definition) is 7. The summed E-state index contributed by atoms with van der Waals surface area (Å²) in [4.78, 5) is 12.8. The highest BCUT2D eigenvalue weighted by atomic mass is 32.2. The van der Waals surface area contributed by atoms with Gasteiger partial charge in [0.1, 0.15) is 16.4 Å². The van der Waals surface area contributed by atoms with Gasteiger partial charge in [-0.15, -0.1) is 0 Å². The monoisotopic (exact) mass is 413 g/mol. The van der Waals surface area contributed by atoms with Gasteiger partial charge in [0.25, 0.3) is 5.91 Å². The van der Waals surface area contributed by atoms with E-state index in [-0.39, 0.29) is 29.3 Å². The second kappa shape index (κ2) is 7.37. The molecule has 1 aromatic carbocycles. The van der Waals surface area contributed by atoms with E-state index in [9.17, 15) is 13.2 Å². The zero-order chi connectivity index (χ0) is 18.9. The summed E-state index contributed by atoms with van der Waals surface area (Å²) in [6, 6.07) is 7.12. The van der Waals surface area contributed by atoms with Crippen LogP contribution in [0.25, 0.3) is 0 Å². The minimum atomic E-state index is -3.06. The van der Waals surface area contributed by atoms with Crippen molar-refractivity contribution in [1.82, 2.24) is 9.88 Å². The largest absolute Gasteiger partial charge is 0.497 e. The fraction of sp³-hybridized carbons (Fsp3) is 0.375. The third kappa shape index (κ3) is 4.08. The molecule has 1 aliphatic heterocycles. The molecule has 26 heavy (non-hydrogen) atoms. The predicted octanol–water partition coefficient (Wildman–Crippen LogP) is 1.84. The minimum absolute atomic E-state index is 0.0312. The summed E-state index contributed by atoms with van der Waals surface area (Å²) in [5, 5.41) is 2.75. The van der Waals surface area contributed by atoms with Gasteiger partial charge in [-0.05, 0) is 36.3 Å². The van der Waals surface area contributed by atoms with Gasteiger partial charge in [-0.1, -0.05) is 23.5 Å². The van der Waals surface area contributed by atoms with Gasteiger partial charge < -0.3 is 20.4 Å². The lowest BCUT2D eigenvalue weighted by Gasteiger charge is -2.11. The molecule has 0 spiro atoms. The van der Waals surface area contributed by atoms with Gasteiger partial charge in [0, 0.05) is 6.04 Å². The van der Waals surface area contributed by atoms with Gasteiger partial charge in [-0.2, -0.15) is 0 Å². The average Bonchev–Trinajstić information content (AvgIpc) is 3.08. The van der Waals surface area contributed by atoms with Crippen LogP contribution < -0.4 is 15.8 Å². The van der Waals surface area contributed by atoms with Crippen LogP contribution in [0.2, 0.25) is 0 Å². The fourth-order valence-electron chi connectivity index (χ4n) is 2.80. The van der Waals surface area contributed by atoms with E-state index in [1.807, 2.05) is 24.3 Å². The predicted molar refractivity (Wildman–Crippen MR) is 104 cm³/mol. The van der Waals surface area contributed by atoms with Gasteiger partial charge in [-0.25, -0.2) is 8.42 Å². The Labute approximate surface area is 160 Å². The molecule has 1 aromatic heterocycles. The number of nitrogen functional groups attached to an aromatic ring is 1. The van der Waals surface area contributed by atoms with E-state index in [4.69, 9.17) is 22.7 Å². The lowest BCUT2D eigenvalue weighted by molar-refractivity contribution is 0.0945. The smallest absolute Gasteiger partial charge is 0.265 e. The van der Waals surface area contributed by atoms with Crippen molar-refractivity contribution in [3.8, 4) is 5.75 Å². The second-order valence-electron chi connectivity index (χ2n) is 6.09. The second-order valence-corrected chi connectivity index (χ2v) is 9.96. The van der Waals surface area contributed by atoms with Crippen LogP contribution in [0.15, 0.2) is 24.3 Å². The topological polar surface area (TPSA) is 103 Å². The number of methoxy groups -OCH3 is 1.